The highest BCUT2D eigenvalue weighted by molar-refractivity contribution is 7.87. The van der Waals surface area contributed by atoms with Crippen LogP contribution in [0, 0.1) is 6.92 Å². The second-order valence-corrected chi connectivity index (χ2v) is 7.90. The molecule has 0 aromatic carbocycles. The fourth-order valence-corrected chi connectivity index (χ4v) is 4.25. The monoisotopic (exact) mass is 319 g/mol. The molecule has 0 saturated carbocycles. The average Bonchev–Trinajstić information content (AvgIpc) is 2.73. The van der Waals surface area contributed by atoms with Crippen LogP contribution in [0.4, 0.5) is 0 Å². The van der Waals surface area contributed by atoms with Crippen molar-refractivity contribution in [3.63, 3.8) is 0 Å². The molecule has 2 rings (SSSR count). The smallest absolute Gasteiger partial charge is 0.279 e. The van der Waals surface area contributed by atoms with Gasteiger partial charge in [-0.05, 0) is 20.8 Å². The maximum Gasteiger partial charge on any atom is 0.279 e. The zero-order valence-electron chi connectivity index (χ0n) is 12.0. The van der Waals surface area contributed by atoms with Gasteiger partial charge in [-0.1, -0.05) is 0 Å². The van der Waals surface area contributed by atoms with E-state index in [0.717, 1.165) is 10.7 Å². The van der Waals surface area contributed by atoms with E-state index in [1.54, 1.807) is 11.3 Å². The molecule has 1 fully saturated rings. The van der Waals surface area contributed by atoms with Gasteiger partial charge < -0.3 is 4.74 Å². The van der Waals surface area contributed by atoms with Crippen LogP contribution in [0.25, 0.3) is 0 Å². The zero-order valence-corrected chi connectivity index (χ0v) is 13.6. The summed E-state index contributed by atoms with van der Waals surface area (Å²) in [5, 5.41) is 2.96. The SMILES string of the molecule is Cc1nc(CCNS(=O)(=O)N2CC(C)OC(C)C2)cs1. The molecule has 6 nitrogen and oxygen atoms in total. The number of rotatable bonds is 5. The predicted molar refractivity (Wildman–Crippen MR) is 79.1 cm³/mol. The van der Waals surface area contributed by atoms with Crippen LogP contribution in [0.3, 0.4) is 0 Å². The van der Waals surface area contributed by atoms with Crippen LogP contribution < -0.4 is 4.72 Å². The van der Waals surface area contributed by atoms with Crippen LogP contribution in [0.15, 0.2) is 5.38 Å². The number of ether oxygens (including phenoxy) is 1. The zero-order chi connectivity index (χ0) is 14.8. The van der Waals surface area contributed by atoms with Gasteiger partial charge in [0.25, 0.3) is 10.2 Å². The third-order valence-electron chi connectivity index (χ3n) is 3.06. The molecule has 1 aromatic heterocycles. The minimum Gasteiger partial charge on any atom is -0.373 e. The summed E-state index contributed by atoms with van der Waals surface area (Å²) in [5.74, 6) is 0. The van der Waals surface area contributed by atoms with Gasteiger partial charge in [-0.25, -0.2) is 9.71 Å². The Bertz CT molecular complexity index is 534. The summed E-state index contributed by atoms with van der Waals surface area (Å²) in [6, 6.07) is 0. The predicted octanol–water partition coefficient (Wildman–Crippen LogP) is 0.938. The van der Waals surface area contributed by atoms with E-state index in [1.165, 1.54) is 4.31 Å². The van der Waals surface area contributed by atoms with Gasteiger partial charge in [0.2, 0.25) is 0 Å². The topological polar surface area (TPSA) is 71.5 Å². The summed E-state index contributed by atoms with van der Waals surface area (Å²) in [5.41, 5.74) is 0.930. The van der Waals surface area contributed by atoms with E-state index in [9.17, 15) is 8.42 Å². The number of nitrogens with zero attached hydrogens (tertiary/aromatic N) is 2. The molecule has 1 N–H and O–H groups in total. The molecular weight excluding hydrogens is 298 g/mol. The Morgan fingerprint density at radius 1 is 1.45 bits per heavy atom. The highest BCUT2D eigenvalue weighted by atomic mass is 32.2. The van der Waals surface area contributed by atoms with Crippen LogP contribution in [-0.4, -0.2) is 49.5 Å². The Labute approximate surface area is 124 Å². The molecule has 0 spiro atoms. The molecule has 0 aliphatic carbocycles. The average molecular weight is 319 g/mol. The van der Waals surface area contributed by atoms with Crippen molar-refractivity contribution < 1.29 is 13.2 Å². The van der Waals surface area contributed by atoms with Gasteiger partial charge in [0.1, 0.15) is 0 Å². The molecule has 0 radical (unpaired) electrons. The molecule has 1 aliphatic heterocycles. The van der Waals surface area contributed by atoms with Crippen molar-refractivity contribution in [2.75, 3.05) is 19.6 Å². The number of aromatic nitrogens is 1. The highest BCUT2D eigenvalue weighted by Crippen LogP contribution is 2.13. The van der Waals surface area contributed by atoms with Crippen molar-refractivity contribution >= 4 is 21.5 Å². The van der Waals surface area contributed by atoms with Crippen LogP contribution >= 0.6 is 11.3 Å². The number of aryl methyl sites for hydroxylation is 1. The summed E-state index contributed by atoms with van der Waals surface area (Å²) >= 11 is 1.58. The Balaban J connectivity index is 1.87. The summed E-state index contributed by atoms with van der Waals surface area (Å²) < 4.78 is 34.1. The number of hydrogen-bond acceptors (Lipinski definition) is 5. The van der Waals surface area contributed by atoms with Crippen LogP contribution in [0.2, 0.25) is 0 Å². The normalized spacial score (nSPS) is 24.9. The number of thiazole rings is 1. The first-order chi connectivity index (χ1) is 9.37. The van der Waals surface area contributed by atoms with E-state index in [1.807, 2.05) is 26.2 Å². The number of hydrogen-bond donors (Lipinski definition) is 1. The first-order valence-electron chi connectivity index (χ1n) is 6.68. The lowest BCUT2D eigenvalue weighted by molar-refractivity contribution is -0.0443. The van der Waals surface area contributed by atoms with Gasteiger partial charge in [0.15, 0.2) is 0 Å². The Kier molecular flexibility index (Phi) is 5.14. The quantitative estimate of drug-likeness (QED) is 0.877. The first kappa shape index (κ1) is 15.8. The summed E-state index contributed by atoms with van der Waals surface area (Å²) in [6.07, 6.45) is 0.465. The minimum atomic E-state index is -3.43. The second kappa shape index (κ2) is 6.48. The molecule has 20 heavy (non-hydrogen) atoms. The fourth-order valence-electron chi connectivity index (χ4n) is 2.25. The van der Waals surface area contributed by atoms with Crippen molar-refractivity contribution in [2.24, 2.45) is 0 Å². The van der Waals surface area contributed by atoms with Gasteiger partial charge >= 0.3 is 0 Å². The Hall–Kier alpha value is -0.540. The van der Waals surface area contributed by atoms with Gasteiger partial charge in [0.05, 0.1) is 22.9 Å². The van der Waals surface area contributed by atoms with Crippen LogP contribution in [-0.2, 0) is 21.4 Å². The molecule has 1 aromatic rings. The molecule has 2 heterocycles. The minimum absolute atomic E-state index is 0.0727. The summed E-state index contributed by atoms with van der Waals surface area (Å²) in [7, 11) is -3.43. The standard InChI is InChI=1S/C12H21N3O3S2/c1-9-6-15(7-10(2)18-9)20(16,17)13-5-4-12-8-19-11(3)14-12/h8-10,13H,4-7H2,1-3H3. The summed E-state index contributed by atoms with van der Waals surface area (Å²) in [6.45, 7) is 6.87. The molecule has 0 amide bonds. The third-order valence-corrected chi connectivity index (χ3v) is 5.43. The van der Waals surface area contributed by atoms with E-state index in [0.29, 0.717) is 26.1 Å². The molecule has 0 bridgehead atoms. The Morgan fingerprint density at radius 3 is 2.65 bits per heavy atom. The molecule has 114 valence electrons. The maximum absolute atomic E-state index is 12.2. The highest BCUT2D eigenvalue weighted by Gasteiger charge is 2.30. The molecular formula is C12H21N3O3S2. The lowest BCUT2D eigenvalue weighted by atomic mass is 10.3. The molecule has 2 unspecified atom stereocenters. The number of nitrogens with one attached hydrogen (secondary N) is 1. The van der Waals surface area contributed by atoms with Gasteiger partial charge in [0, 0.05) is 31.4 Å². The van der Waals surface area contributed by atoms with Gasteiger partial charge in [-0.3, -0.25) is 0 Å². The molecule has 8 heteroatoms. The van der Waals surface area contributed by atoms with E-state index in [4.69, 9.17) is 4.74 Å². The van der Waals surface area contributed by atoms with Gasteiger partial charge in [-0.2, -0.15) is 12.7 Å². The van der Waals surface area contributed by atoms with E-state index in [-0.39, 0.29) is 12.2 Å². The van der Waals surface area contributed by atoms with Gasteiger partial charge in [-0.15, -0.1) is 11.3 Å². The molecule has 1 saturated heterocycles. The van der Waals surface area contributed by atoms with Crippen molar-refractivity contribution in [3.05, 3.63) is 16.1 Å². The first-order valence-corrected chi connectivity index (χ1v) is 9.00. The Morgan fingerprint density at radius 2 is 2.10 bits per heavy atom. The second-order valence-electron chi connectivity index (χ2n) is 5.08. The fraction of sp³-hybridized carbons (Fsp3) is 0.750. The van der Waals surface area contributed by atoms with E-state index >= 15 is 0 Å². The van der Waals surface area contributed by atoms with Crippen molar-refractivity contribution in [1.29, 1.82) is 0 Å². The van der Waals surface area contributed by atoms with Crippen molar-refractivity contribution in [1.82, 2.24) is 14.0 Å². The van der Waals surface area contributed by atoms with Crippen molar-refractivity contribution in [3.8, 4) is 0 Å². The van der Waals surface area contributed by atoms with Crippen LogP contribution in [0.1, 0.15) is 24.5 Å². The van der Waals surface area contributed by atoms with E-state index < -0.39 is 10.2 Å². The van der Waals surface area contributed by atoms with E-state index in [2.05, 4.69) is 9.71 Å². The van der Waals surface area contributed by atoms with Crippen molar-refractivity contribution in [2.45, 2.75) is 39.4 Å². The molecule has 1 aliphatic rings. The molecule has 2 atom stereocenters. The number of morpholine rings is 1. The van der Waals surface area contributed by atoms with Crippen LogP contribution in [0.5, 0.6) is 0 Å². The summed E-state index contributed by atoms with van der Waals surface area (Å²) in [4.78, 5) is 4.32. The third kappa shape index (κ3) is 4.23. The maximum atomic E-state index is 12.2. The lowest BCUT2D eigenvalue weighted by Gasteiger charge is -2.34. The largest absolute Gasteiger partial charge is 0.373 e. The lowest BCUT2D eigenvalue weighted by Crippen LogP contribution is -2.52.